The summed E-state index contributed by atoms with van der Waals surface area (Å²) in [5, 5.41) is 10.7. The third kappa shape index (κ3) is 3.38. The van der Waals surface area contributed by atoms with Gasteiger partial charge in [0.1, 0.15) is 0 Å². The highest BCUT2D eigenvalue weighted by Gasteiger charge is 2.34. The van der Waals surface area contributed by atoms with Crippen molar-refractivity contribution in [2.45, 2.75) is 19.0 Å². The number of aryl methyl sites for hydroxylation is 1. The van der Waals surface area contributed by atoms with Crippen molar-refractivity contribution in [2.24, 2.45) is 12.0 Å². The van der Waals surface area contributed by atoms with E-state index in [0.717, 1.165) is 6.07 Å². The number of aliphatic carboxylic acids is 1. The Morgan fingerprint density at radius 1 is 1.41 bits per heavy atom. The van der Waals surface area contributed by atoms with Gasteiger partial charge in [0.25, 0.3) is 0 Å². The quantitative estimate of drug-likeness (QED) is 0.936. The van der Waals surface area contributed by atoms with Gasteiger partial charge >= 0.3 is 12.1 Å². The van der Waals surface area contributed by atoms with Crippen LogP contribution in [0.1, 0.15) is 24.0 Å². The first-order valence-corrected chi connectivity index (χ1v) is 7.17. The first-order valence-electron chi connectivity index (χ1n) is 6.29. The molecule has 1 atom stereocenters. The summed E-state index contributed by atoms with van der Waals surface area (Å²) >= 11 is 1.21. The Morgan fingerprint density at radius 2 is 2.09 bits per heavy atom. The van der Waals surface area contributed by atoms with Gasteiger partial charge in [0.2, 0.25) is 0 Å². The van der Waals surface area contributed by atoms with Crippen LogP contribution in [0.4, 0.5) is 18.9 Å². The molecule has 0 aliphatic heterocycles. The van der Waals surface area contributed by atoms with Gasteiger partial charge in [-0.05, 0) is 24.6 Å². The van der Waals surface area contributed by atoms with Gasteiger partial charge in [-0.3, -0.25) is 4.79 Å². The molecule has 0 amide bonds. The standard InChI is InChI=1S/C14H13F3N2O2S/c1-8(12(20)21)9-3-4-11(10(7-9)14(15,16)17)18-13-19(2)5-6-22-13/h3-8H,1-2H3,(H,20,21). The summed E-state index contributed by atoms with van der Waals surface area (Å²) in [5.74, 6) is -2.20. The Hall–Kier alpha value is -2.09. The van der Waals surface area contributed by atoms with Crippen molar-refractivity contribution in [1.29, 1.82) is 0 Å². The normalized spacial score (nSPS) is 14.1. The van der Waals surface area contributed by atoms with Crippen LogP contribution >= 0.6 is 11.3 Å². The average molecular weight is 330 g/mol. The van der Waals surface area contributed by atoms with Gasteiger partial charge in [-0.15, -0.1) is 11.3 Å². The number of hydrogen-bond donors (Lipinski definition) is 1. The molecule has 0 spiro atoms. The largest absolute Gasteiger partial charge is 0.481 e. The van der Waals surface area contributed by atoms with Crippen molar-refractivity contribution in [3.05, 3.63) is 45.7 Å². The molecule has 1 heterocycles. The molecule has 0 bridgehead atoms. The first-order chi connectivity index (χ1) is 10.2. The monoisotopic (exact) mass is 330 g/mol. The summed E-state index contributed by atoms with van der Waals surface area (Å²) in [7, 11) is 1.68. The molecular formula is C14H13F3N2O2S. The molecule has 1 aromatic heterocycles. The Bertz CT molecular complexity index is 762. The predicted molar refractivity (Wildman–Crippen MR) is 76.0 cm³/mol. The molecule has 22 heavy (non-hydrogen) atoms. The lowest BCUT2D eigenvalue weighted by Gasteiger charge is -2.13. The maximum atomic E-state index is 13.2. The van der Waals surface area contributed by atoms with E-state index < -0.39 is 23.6 Å². The smallest absolute Gasteiger partial charge is 0.418 e. The van der Waals surface area contributed by atoms with E-state index >= 15 is 0 Å². The van der Waals surface area contributed by atoms with E-state index in [-0.39, 0.29) is 11.3 Å². The van der Waals surface area contributed by atoms with Gasteiger partial charge < -0.3 is 9.67 Å². The van der Waals surface area contributed by atoms with Crippen LogP contribution in [0.3, 0.4) is 0 Å². The minimum atomic E-state index is -4.61. The second-order valence-electron chi connectivity index (χ2n) is 4.74. The van der Waals surface area contributed by atoms with E-state index in [0.29, 0.717) is 4.80 Å². The van der Waals surface area contributed by atoms with Crippen LogP contribution in [0, 0.1) is 0 Å². The van der Waals surface area contributed by atoms with E-state index in [4.69, 9.17) is 5.11 Å². The number of carboxylic acids is 1. The number of thiazole rings is 1. The van der Waals surface area contributed by atoms with Crippen LogP contribution in [0.15, 0.2) is 34.8 Å². The van der Waals surface area contributed by atoms with Gasteiger partial charge in [0, 0.05) is 18.6 Å². The minimum absolute atomic E-state index is 0.0920. The summed E-state index contributed by atoms with van der Waals surface area (Å²) in [6, 6.07) is 3.42. The number of hydrogen-bond acceptors (Lipinski definition) is 3. The van der Waals surface area contributed by atoms with Crippen LogP contribution in [0.2, 0.25) is 0 Å². The van der Waals surface area contributed by atoms with Crippen LogP contribution in [0.25, 0.3) is 0 Å². The maximum Gasteiger partial charge on any atom is 0.418 e. The molecule has 0 saturated carbocycles. The number of benzene rings is 1. The van der Waals surface area contributed by atoms with Gasteiger partial charge in [0.15, 0.2) is 4.80 Å². The Kier molecular flexibility index (Phi) is 4.41. The molecule has 0 fully saturated rings. The fourth-order valence-electron chi connectivity index (χ4n) is 1.83. The summed E-state index contributed by atoms with van der Waals surface area (Å²) in [6.45, 7) is 1.34. The Labute approximate surface area is 128 Å². The van der Waals surface area contributed by atoms with Gasteiger partial charge in [-0.2, -0.15) is 13.2 Å². The lowest BCUT2D eigenvalue weighted by molar-refractivity contribution is -0.139. The van der Waals surface area contributed by atoms with Crippen molar-refractivity contribution in [2.75, 3.05) is 0 Å². The van der Waals surface area contributed by atoms with Crippen LogP contribution in [0.5, 0.6) is 0 Å². The summed E-state index contributed by atoms with van der Waals surface area (Å²) < 4.78 is 41.2. The maximum absolute atomic E-state index is 13.2. The molecule has 0 aliphatic rings. The van der Waals surface area contributed by atoms with E-state index in [2.05, 4.69) is 4.99 Å². The average Bonchev–Trinajstić information content (AvgIpc) is 2.82. The zero-order chi connectivity index (χ0) is 16.5. The molecular weight excluding hydrogens is 317 g/mol. The first kappa shape index (κ1) is 16.3. The summed E-state index contributed by atoms with van der Waals surface area (Å²) in [5.41, 5.74) is -1.08. The number of carboxylic acid groups (broad SMARTS) is 1. The molecule has 1 N–H and O–H groups in total. The molecule has 2 aromatic rings. The Balaban J connectivity index is 2.61. The van der Waals surface area contributed by atoms with E-state index in [1.807, 2.05) is 0 Å². The third-order valence-corrected chi connectivity index (χ3v) is 4.02. The van der Waals surface area contributed by atoms with E-state index in [1.54, 1.807) is 23.2 Å². The van der Waals surface area contributed by atoms with E-state index in [9.17, 15) is 18.0 Å². The molecule has 4 nitrogen and oxygen atoms in total. The number of rotatable bonds is 3. The van der Waals surface area contributed by atoms with Gasteiger partial charge in [0.05, 0.1) is 17.2 Å². The molecule has 118 valence electrons. The molecule has 0 aliphatic carbocycles. The zero-order valence-corrected chi connectivity index (χ0v) is 12.6. The van der Waals surface area contributed by atoms with Crippen molar-refractivity contribution in [3.8, 4) is 0 Å². The fourth-order valence-corrected chi connectivity index (χ4v) is 2.57. The van der Waals surface area contributed by atoms with E-state index in [1.165, 1.54) is 30.4 Å². The van der Waals surface area contributed by atoms with Gasteiger partial charge in [-0.25, -0.2) is 4.99 Å². The number of nitrogens with zero attached hydrogens (tertiary/aromatic N) is 2. The van der Waals surface area contributed by atoms with Crippen molar-refractivity contribution < 1.29 is 23.1 Å². The second kappa shape index (κ2) is 5.96. The van der Waals surface area contributed by atoms with Crippen molar-refractivity contribution in [1.82, 2.24) is 4.57 Å². The minimum Gasteiger partial charge on any atom is -0.481 e. The highest BCUT2D eigenvalue weighted by Crippen LogP contribution is 2.38. The molecule has 2 rings (SSSR count). The highest BCUT2D eigenvalue weighted by atomic mass is 32.1. The number of alkyl halides is 3. The predicted octanol–water partition coefficient (Wildman–Crippen LogP) is 3.53. The molecule has 1 aromatic carbocycles. The second-order valence-corrected chi connectivity index (χ2v) is 5.62. The molecule has 0 saturated heterocycles. The Morgan fingerprint density at radius 3 is 2.59 bits per heavy atom. The summed E-state index contributed by atoms with van der Waals surface area (Å²) in [4.78, 5) is 15.4. The number of carbonyl (C=O) groups is 1. The number of aromatic nitrogens is 1. The van der Waals surface area contributed by atoms with Gasteiger partial charge in [-0.1, -0.05) is 6.07 Å². The van der Waals surface area contributed by atoms with Crippen LogP contribution < -0.4 is 4.80 Å². The molecule has 0 radical (unpaired) electrons. The molecule has 8 heteroatoms. The third-order valence-electron chi connectivity index (χ3n) is 3.17. The van der Waals surface area contributed by atoms with Crippen molar-refractivity contribution in [3.63, 3.8) is 0 Å². The number of halogens is 3. The highest BCUT2D eigenvalue weighted by molar-refractivity contribution is 7.07. The lowest BCUT2D eigenvalue weighted by Crippen LogP contribution is -2.13. The van der Waals surface area contributed by atoms with Crippen LogP contribution in [-0.2, 0) is 18.0 Å². The fraction of sp³-hybridized carbons (Fsp3) is 0.286. The van der Waals surface area contributed by atoms with Crippen molar-refractivity contribution >= 4 is 23.0 Å². The lowest BCUT2D eigenvalue weighted by atomic mass is 9.98. The topological polar surface area (TPSA) is 54.6 Å². The molecule has 1 unspecified atom stereocenters. The summed E-state index contributed by atoms with van der Waals surface area (Å²) in [6.07, 6.45) is -2.92. The van der Waals surface area contributed by atoms with Crippen LogP contribution in [-0.4, -0.2) is 15.6 Å². The zero-order valence-electron chi connectivity index (χ0n) is 11.8. The SMILES string of the molecule is CC(C(=O)O)c1ccc(N=c2sccn2C)c(C(F)(F)F)c1.